The number of halogens is 1. The number of ether oxygens (including phenoxy) is 1. The van der Waals surface area contributed by atoms with Gasteiger partial charge in [-0.25, -0.2) is 0 Å². The third-order valence-electron chi connectivity index (χ3n) is 8.72. The third kappa shape index (κ3) is 5.21. The standard InChI is InChI=1S/C34H36ClN3O3/c1-41-29-18-17-25-20-31-32(39)38(22-24-11-10-14-27(35)19-24)34(23-37(31)30(25)21-29,26-12-6-5-7-13-26)33(40)36-28-15-8-3-2-4-9-16-28/h5-7,10-14,17-21,28H,2-4,8-9,15-16,22-23H2,1H3,(H,36,40)/t34-/m0/s1. The lowest BCUT2D eigenvalue weighted by molar-refractivity contribution is -0.136. The summed E-state index contributed by atoms with van der Waals surface area (Å²) in [4.78, 5) is 31.2. The molecule has 1 atom stereocenters. The molecule has 6 rings (SSSR count). The molecule has 7 heteroatoms. The summed E-state index contributed by atoms with van der Waals surface area (Å²) in [5.41, 5.74) is 1.81. The Bertz CT molecular complexity index is 1560. The van der Waals surface area contributed by atoms with Crippen LogP contribution >= 0.6 is 11.6 Å². The second-order valence-electron chi connectivity index (χ2n) is 11.3. The molecule has 0 saturated heterocycles. The van der Waals surface area contributed by atoms with Gasteiger partial charge in [0.25, 0.3) is 11.8 Å². The molecular weight excluding hydrogens is 534 g/mol. The number of benzene rings is 3. The van der Waals surface area contributed by atoms with Crippen molar-refractivity contribution in [2.45, 2.75) is 69.6 Å². The van der Waals surface area contributed by atoms with Crippen LogP contribution in [0.3, 0.4) is 0 Å². The molecule has 0 unspecified atom stereocenters. The van der Waals surface area contributed by atoms with Crippen LogP contribution in [0.1, 0.15) is 66.6 Å². The number of fused-ring (bicyclic) bond motifs is 3. The topological polar surface area (TPSA) is 63.6 Å². The second kappa shape index (κ2) is 11.6. The summed E-state index contributed by atoms with van der Waals surface area (Å²) in [7, 11) is 1.63. The first-order chi connectivity index (χ1) is 20.0. The summed E-state index contributed by atoms with van der Waals surface area (Å²) in [5.74, 6) is 0.375. The lowest BCUT2D eigenvalue weighted by Gasteiger charge is -2.47. The van der Waals surface area contributed by atoms with E-state index < -0.39 is 5.54 Å². The molecular formula is C34H36ClN3O3. The number of nitrogens with one attached hydrogen (secondary N) is 1. The molecule has 0 spiro atoms. The minimum absolute atomic E-state index is 0.0782. The number of carbonyl (C=O) groups excluding carboxylic acids is 2. The summed E-state index contributed by atoms with van der Waals surface area (Å²) >= 11 is 6.37. The quantitative estimate of drug-likeness (QED) is 0.270. The lowest BCUT2D eigenvalue weighted by Crippen LogP contribution is -2.64. The van der Waals surface area contributed by atoms with Gasteiger partial charge < -0.3 is 19.5 Å². The van der Waals surface area contributed by atoms with E-state index in [0.29, 0.717) is 16.5 Å². The Hall–Kier alpha value is -3.77. The maximum Gasteiger partial charge on any atom is 0.272 e. The first-order valence-corrected chi connectivity index (χ1v) is 15.0. The number of nitrogens with zero attached hydrogens (tertiary/aromatic N) is 2. The number of aromatic nitrogens is 1. The van der Waals surface area contributed by atoms with Crippen molar-refractivity contribution >= 4 is 34.3 Å². The van der Waals surface area contributed by atoms with E-state index in [0.717, 1.165) is 47.7 Å². The van der Waals surface area contributed by atoms with Gasteiger partial charge in [0.1, 0.15) is 11.4 Å². The van der Waals surface area contributed by atoms with Crippen molar-refractivity contribution in [3.63, 3.8) is 0 Å². The number of methoxy groups -OCH3 is 1. The Balaban J connectivity index is 1.52. The first-order valence-electron chi connectivity index (χ1n) is 14.6. The molecule has 1 aliphatic carbocycles. The minimum atomic E-state index is -1.27. The zero-order valence-corrected chi connectivity index (χ0v) is 24.2. The van der Waals surface area contributed by atoms with Crippen molar-refractivity contribution in [3.05, 3.63) is 101 Å². The zero-order valence-electron chi connectivity index (χ0n) is 23.4. The molecule has 212 valence electrons. The van der Waals surface area contributed by atoms with E-state index in [1.807, 2.05) is 83.4 Å². The van der Waals surface area contributed by atoms with Crippen molar-refractivity contribution in [3.8, 4) is 5.75 Å². The Kier molecular flexibility index (Phi) is 7.76. The number of hydrogen-bond acceptors (Lipinski definition) is 3. The molecule has 3 aromatic carbocycles. The molecule has 2 heterocycles. The molecule has 6 nitrogen and oxygen atoms in total. The van der Waals surface area contributed by atoms with E-state index in [2.05, 4.69) is 5.32 Å². The maximum absolute atomic E-state index is 14.8. The summed E-state index contributed by atoms with van der Waals surface area (Å²) in [6.45, 7) is 0.533. The van der Waals surface area contributed by atoms with Crippen LogP contribution < -0.4 is 10.1 Å². The molecule has 2 amide bonds. The van der Waals surface area contributed by atoms with Crippen LogP contribution in [-0.2, 0) is 23.4 Å². The van der Waals surface area contributed by atoms with E-state index in [9.17, 15) is 9.59 Å². The fraction of sp³-hybridized carbons (Fsp3) is 0.353. The molecule has 0 bridgehead atoms. The van der Waals surface area contributed by atoms with E-state index in [1.54, 1.807) is 12.0 Å². The highest BCUT2D eigenvalue weighted by molar-refractivity contribution is 6.30. The van der Waals surface area contributed by atoms with Gasteiger partial charge in [-0.1, -0.05) is 86.2 Å². The number of carbonyl (C=O) groups is 2. The van der Waals surface area contributed by atoms with E-state index in [4.69, 9.17) is 16.3 Å². The van der Waals surface area contributed by atoms with Crippen LogP contribution in [0.25, 0.3) is 10.9 Å². The van der Waals surface area contributed by atoms with E-state index >= 15 is 0 Å². The van der Waals surface area contributed by atoms with Crippen molar-refractivity contribution < 1.29 is 14.3 Å². The zero-order chi connectivity index (χ0) is 28.4. The third-order valence-corrected chi connectivity index (χ3v) is 8.96. The van der Waals surface area contributed by atoms with E-state index in [1.165, 1.54) is 19.3 Å². The lowest BCUT2D eigenvalue weighted by atomic mass is 9.83. The van der Waals surface area contributed by atoms with Crippen LogP contribution in [0.5, 0.6) is 5.75 Å². The molecule has 4 aromatic rings. The van der Waals surface area contributed by atoms with Crippen LogP contribution in [0.15, 0.2) is 78.9 Å². The van der Waals surface area contributed by atoms with Crippen LogP contribution in [0.4, 0.5) is 0 Å². The fourth-order valence-corrected chi connectivity index (χ4v) is 6.76. The number of amides is 2. The maximum atomic E-state index is 14.8. The summed E-state index contributed by atoms with van der Waals surface area (Å²) in [5, 5.41) is 4.97. The monoisotopic (exact) mass is 569 g/mol. The second-order valence-corrected chi connectivity index (χ2v) is 11.7. The molecule has 0 radical (unpaired) electrons. The van der Waals surface area contributed by atoms with Crippen molar-refractivity contribution in [2.24, 2.45) is 0 Å². The average molecular weight is 570 g/mol. The fourth-order valence-electron chi connectivity index (χ4n) is 6.55. The van der Waals surface area contributed by atoms with Crippen LogP contribution in [-0.4, -0.2) is 34.4 Å². The first kappa shape index (κ1) is 27.4. The van der Waals surface area contributed by atoms with Gasteiger partial charge in [-0.3, -0.25) is 9.59 Å². The van der Waals surface area contributed by atoms with Gasteiger partial charge in [-0.2, -0.15) is 0 Å². The minimum Gasteiger partial charge on any atom is -0.497 e. The van der Waals surface area contributed by atoms with Crippen LogP contribution in [0.2, 0.25) is 5.02 Å². The molecule has 1 N–H and O–H groups in total. The molecule has 1 aromatic heterocycles. The van der Waals surface area contributed by atoms with Gasteiger partial charge in [0.2, 0.25) is 0 Å². The smallest absolute Gasteiger partial charge is 0.272 e. The predicted octanol–water partition coefficient (Wildman–Crippen LogP) is 7.08. The van der Waals surface area contributed by atoms with Crippen LogP contribution in [0, 0.1) is 0 Å². The van der Waals surface area contributed by atoms with Gasteiger partial charge in [0.05, 0.1) is 19.2 Å². The highest BCUT2D eigenvalue weighted by Gasteiger charge is 2.52. The van der Waals surface area contributed by atoms with Gasteiger partial charge in [-0.05, 0) is 54.3 Å². The summed E-state index contributed by atoms with van der Waals surface area (Å²) < 4.78 is 7.53. The van der Waals surface area contributed by atoms with E-state index in [-0.39, 0.29) is 30.9 Å². The number of hydrogen-bond donors (Lipinski definition) is 1. The van der Waals surface area contributed by atoms with Gasteiger partial charge in [-0.15, -0.1) is 0 Å². The Morgan fingerprint density at radius 1 is 0.951 bits per heavy atom. The molecule has 41 heavy (non-hydrogen) atoms. The molecule has 1 aliphatic heterocycles. The highest BCUT2D eigenvalue weighted by Crippen LogP contribution is 2.41. The average Bonchev–Trinajstić information content (AvgIpc) is 3.34. The highest BCUT2D eigenvalue weighted by atomic mass is 35.5. The van der Waals surface area contributed by atoms with Gasteiger partial charge in [0.15, 0.2) is 5.54 Å². The molecule has 1 saturated carbocycles. The van der Waals surface area contributed by atoms with Crippen molar-refractivity contribution in [2.75, 3.05) is 7.11 Å². The Morgan fingerprint density at radius 2 is 1.71 bits per heavy atom. The summed E-state index contributed by atoms with van der Waals surface area (Å²) in [6.07, 6.45) is 7.73. The number of rotatable bonds is 6. The van der Waals surface area contributed by atoms with Gasteiger partial charge in [0, 0.05) is 29.1 Å². The van der Waals surface area contributed by atoms with Gasteiger partial charge >= 0.3 is 0 Å². The Morgan fingerprint density at radius 3 is 2.44 bits per heavy atom. The SMILES string of the molecule is COc1ccc2cc3n(c2c1)C[C@@](C(=O)NC1CCCCCCC1)(c1ccccc1)N(Cc1cccc(Cl)c1)C3=O. The molecule has 2 aliphatic rings. The normalized spacial score (nSPS) is 19.9. The van der Waals surface area contributed by atoms with Crippen molar-refractivity contribution in [1.82, 2.24) is 14.8 Å². The summed E-state index contributed by atoms with van der Waals surface area (Å²) in [6, 6.07) is 25.1. The van der Waals surface area contributed by atoms with Crippen molar-refractivity contribution in [1.29, 1.82) is 0 Å². The Labute approximate surface area is 246 Å². The largest absolute Gasteiger partial charge is 0.497 e. The predicted molar refractivity (Wildman–Crippen MR) is 162 cm³/mol. The molecule has 1 fully saturated rings.